The zero-order valence-electron chi connectivity index (χ0n) is 20.5. The number of Topliss-reactive ketones (excluding diaryl/α,β-unsaturated/α-hetero) is 1. The minimum atomic E-state index is -2.74. The number of allylic oxidation sites excluding steroid dienone is 1. The van der Waals surface area contributed by atoms with E-state index in [0.29, 0.717) is 19.6 Å². The van der Waals surface area contributed by atoms with Gasteiger partial charge in [-0.2, -0.15) is 0 Å². The van der Waals surface area contributed by atoms with Gasteiger partial charge >= 0.3 is 5.97 Å². The molecule has 0 N–H and O–H groups in total. The Morgan fingerprint density at radius 1 is 1.03 bits per heavy atom. The highest BCUT2D eigenvalue weighted by molar-refractivity contribution is 6.99. The molecule has 0 amide bonds. The van der Waals surface area contributed by atoms with Crippen LogP contribution in [-0.4, -0.2) is 33.3 Å². The molecule has 2 aromatic rings. The van der Waals surface area contributed by atoms with E-state index >= 15 is 0 Å². The van der Waals surface area contributed by atoms with Gasteiger partial charge in [-0.1, -0.05) is 93.6 Å². The average Bonchev–Trinajstić information content (AvgIpc) is 3.44. The van der Waals surface area contributed by atoms with Crippen LogP contribution in [0.15, 0.2) is 72.8 Å². The van der Waals surface area contributed by atoms with E-state index in [4.69, 9.17) is 9.16 Å². The first-order valence-electron chi connectivity index (χ1n) is 12.4. The molecule has 0 aromatic heterocycles. The number of rotatable bonds is 7. The highest BCUT2D eigenvalue weighted by Gasteiger charge is 2.84. The van der Waals surface area contributed by atoms with E-state index in [1.807, 2.05) is 12.1 Å². The Balaban J connectivity index is 1.57. The maximum Gasteiger partial charge on any atom is 0.320 e. The normalized spacial score (nSPS) is 29.6. The Kier molecular flexibility index (Phi) is 5.49. The SMILES string of the molecule is CCOC(=O)C12C(=O)C[C@]3(CO[Si](c4ccccc4)(c4ccccc4)C(C)(C)C)C=CCC1[C@H]23. The number of esters is 1. The van der Waals surface area contributed by atoms with Crippen LogP contribution in [0, 0.1) is 22.7 Å². The number of ketones is 1. The number of hydrogen-bond acceptors (Lipinski definition) is 4. The number of benzene rings is 2. The van der Waals surface area contributed by atoms with Gasteiger partial charge in [0.2, 0.25) is 0 Å². The monoisotopic (exact) mass is 474 g/mol. The van der Waals surface area contributed by atoms with Crippen molar-refractivity contribution in [2.45, 2.75) is 45.6 Å². The fourth-order valence-electron chi connectivity index (χ4n) is 7.02. The largest absolute Gasteiger partial charge is 0.465 e. The molecular formula is C29H34O4Si. The predicted octanol–water partition coefficient (Wildman–Crippen LogP) is 4.28. The average molecular weight is 475 g/mol. The summed E-state index contributed by atoms with van der Waals surface area (Å²) in [7, 11) is -2.74. The lowest BCUT2D eigenvalue weighted by molar-refractivity contribution is -0.153. The van der Waals surface area contributed by atoms with Crippen LogP contribution in [0.3, 0.4) is 0 Å². The first-order chi connectivity index (χ1) is 16.2. The van der Waals surface area contributed by atoms with E-state index in [9.17, 15) is 9.59 Å². The summed E-state index contributed by atoms with van der Waals surface area (Å²) in [6.07, 6.45) is 5.44. The van der Waals surface area contributed by atoms with Crippen molar-refractivity contribution >= 4 is 30.4 Å². The number of hydrogen-bond donors (Lipinski definition) is 0. The molecule has 0 heterocycles. The van der Waals surface area contributed by atoms with Crippen molar-refractivity contribution in [1.82, 2.24) is 0 Å². The summed E-state index contributed by atoms with van der Waals surface area (Å²) in [4.78, 5) is 26.4. The number of ether oxygens (including phenoxy) is 1. The van der Waals surface area contributed by atoms with E-state index < -0.39 is 19.1 Å². The van der Waals surface area contributed by atoms with Gasteiger partial charge in [0.1, 0.15) is 5.41 Å². The summed E-state index contributed by atoms with van der Waals surface area (Å²) in [6, 6.07) is 21.1. The lowest BCUT2D eigenvalue weighted by atomic mass is 9.77. The fourth-order valence-corrected chi connectivity index (χ4v) is 11.7. The third-order valence-corrected chi connectivity index (χ3v) is 13.3. The highest BCUT2D eigenvalue weighted by atomic mass is 28.4. The van der Waals surface area contributed by atoms with Gasteiger partial charge in [-0.15, -0.1) is 0 Å². The lowest BCUT2D eigenvalue weighted by Crippen LogP contribution is -2.67. The van der Waals surface area contributed by atoms with E-state index in [2.05, 4.69) is 81.5 Å². The van der Waals surface area contributed by atoms with Crippen molar-refractivity contribution in [3.8, 4) is 0 Å². The first kappa shape index (κ1) is 23.2. The summed E-state index contributed by atoms with van der Waals surface area (Å²) in [6.45, 7) is 9.32. The Morgan fingerprint density at radius 3 is 2.15 bits per heavy atom. The Bertz CT molecular complexity index is 1080. The van der Waals surface area contributed by atoms with Crippen molar-refractivity contribution in [3.05, 3.63) is 72.8 Å². The van der Waals surface area contributed by atoms with Gasteiger partial charge in [0.05, 0.1) is 6.61 Å². The predicted molar refractivity (Wildman–Crippen MR) is 135 cm³/mol. The van der Waals surface area contributed by atoms with Crippen molar-refractivity contribution < 1.29 is 18.8 Å². The quantitative estimate of drug-likeness (QED) is 0.260. The molecule has 2 saturated carbocycles. The molecule has 0 aliphatic heterocycles. The molecule has 5 heteroatoms. The summed E-state index contributed by atoms with van der Waals surface area (Å²) < 4.78 is 12.7. The van der Waals surface area contributed by atoms with Crippen LogP contribution < -0.4 is 10.4 Å². The molecule has 34 heavy (non-hydrogen) atoms. The molecule has 4 nitrogen and oxygen atoms in total. The van der Waals surface area contributed by atoms with Gasteiger partial charge in [-0.05, 0) is 40.6 Å². The summed E-state index contributed by atoms with van der Waals surface area (Å²) in [5.41, 5.74) is -1.41. The molecule has 3 aliphatic rings. The third kappa shape index (κ3) is 3.06. The van der Waals surface area contributed by atoms with E-state index in [-0.39, 0.29) is 28.6 Å². The van der Waals surface area contributed by atoms with Crippen LogP contribution in [0.1, 0.15) is 40.5 Å². The fraction of sp³-hybridized carbons (Fsp3) is 0.448. The van der Waals surface area contributed by atoms with Crippen molar-refractivity contribution in [1.29, 1.82) is 0 Å². The van der Waals surface area contributed by atoms with Crippen LogP contribution in [0.5, 0.6) is 0 Å². The summed E-state index contributed by atoms with van der Waals surface area (Å²) in [5, 5.41) is 2.30. The van der Waals surface area contributed by atoms with Gasteiger partial charge in [0, 0.05) is 18.4 Å². The zero-order chi connectivity index (χ0) is 24.2. The van der Waals surface area contributed by atoms with Gasteiger partial charge in [0.15, 0.2) is 5.78 Å². The molecule has 4 atom stereocenters. The van der Waals surface area contributed by atoms with Crippen LogP contribution in [0.25, 0.3) is 0 Å². The topological polar surface area (TPSA) is 52.6 Å². The number of fused-ring (bicyclic) bond motifs is 1. The Hall–Kier alpha value is -2.50. The second-order valence-electron chi connectivity index (χ2n) is 11.1. The smallest absolute Gasteiger partial charge is 0.320 e. The van der Waals surface area contributed by atoms with Crippen molar-refractivity contribution in [2.75, 3.05) is 13.2 Å². The number of carbonyl (C=O) groups is 2. The summed E-state index contributed by atoms with van der Waals surface area (Å²) >= 11 is 0. The molecule has 2 fully saturated rings. The van der Waals surface area contributed by atoms with Crippen molar-refractivity contribution in [3.63, 3.8) is 0 Å². The molecular weight excluding hydrogens is 440 g/mol. The van der Waals surface area contributed by atoms with Gasteiger partial charge in [-0.3, -0.25) is 9.59 Å². The molecule has 0 bridgehead atoms. The van der Waals surface area contributed by atoms with Crippen LogP contribution in [0.2, 0.25) is 5.04 Å². The van der Waals surface area contributed by atoms with Gasteiger partial charge < -0.3 is 9.16 Å². The maximum absolute atomic E-state index is 13.4. The minimum absolute atomic E-state index is 0.0187. The third-order valence-electron chi connectivity index (χ3n) is 8.37. The lowest BCUT2D eigenvalue weighted by Gasteiger charge is -2.45. The van der Waals surface area contributed by atoms with Gasteiger partial charge in [0.25, 0.3) is 8.32 Å². The van der Waals surface area contributed by atoms with Crippen LogP contribution in [-0.2, 0) is 18.8 Å². The Labute approximate surface area is 203 Å². The standard InChI is InChI=1S/C29H34O4Si/c1-5-32-26(31)29-23-17-12-18-28(25(23)29,19-24(29)30)20-33-34(27(2,3)4,21-13-8-6-9-14-21)22-15-10-7-11-16-22/h6-16,18,23,25H,5,17,19-20H2,1-4H3/t23?,25-,28-,29?/m0/s1. The van der Waals surface area contributed by atoms with Gasteiger partial charge in [-0.25, -0.2) is 0 Å². The van der Waals surface area contributed by atoms with Crippen LogP contribution >= 0.6 is 0 Å². The molecule has 0 saturated heterocycles. The van der Waals surface area contributed by atoms with Crippen molar-refractivity contribution in [2.24, 2.45) is 22.7 Å². The second kappa shape index (κ2) is 8.03. The number of carbonyl (C=O) groups excluding carboxylic acids is 2. The molecule has 3 aliphatic carbocycles. The van der Waals surface area contributed by atoms with E-state index in [0.717, 1.165) is 6.42 Å². The minimum Gasteiger partial charge on any atom is -0.465 e. The molecule has 0 radical (unpaired) electrons. The van der Waals surface area contributed by atoms with E-state index in [1.54, 1.807) is 6.92 Å². The summed E-state index contributed by atoms with van der Waals surface area (Å²) in [5.74, 6) is -0.266. The molecule has 2 unspecified atom stereocenters. The highest BCUT2D eigenvalue weighted by Crippen LogP contribution is 2.77. The van der Waals surface area contributed by atoms with E-state index in [1.165, 1.54) is 10.4 Å². The molecule has 178 valence electrons. The molecule has 2 aromatic carbocycles. The first-order valence-corrected chi connectivity index (χ1v) is 14.3. The Morgan fingerprint density at radius 2 is 1.62 bits per heavy atom. The second-order valence-corrected chi connectivity index (χ2v) is 15.4. The maximum atomic E-state index is 13.4. The molecule has 5 rings (SSSR count). The zero-order valence-corrected chi connectivity index (χ0v) is 21.5. The van der Waals surface area contributed by atoms with Crippen LogP contribution in [0.4, 0.5) is 0 Å². The molecule has 0 spiro atoms.